The van der Waals surface area contributed by atoms with Gasteiger partial charge in [0.15, 0.2) is 0 Å². The molecule has 2 aliphatic carbocycles. The SMILES string of the molecule is CC1=CC[C]([Zr+2][CH]2C(n3c4ccccc4c4ccccc43)=Cc3ccccc32)=C1C.[Cl-].[Cl-]. The number of allylic oxidation sites excluding steroid dienone is 5. The molecule has 1 heterocycles. The van der Waals surface area contributed by atoms with Crippen molar-refractivity contribution in [3.05, 3.63) is 104 Å². The van der Waals surface area contributed by atoms with Gasteiger partial charge in [0.05, 0.1) is 0 Å². The summed E-state index contributed by atoms with van der Waals surface area (Å²) in [6.07, 6.45) is 6.06. The largest absolute Gasteiger partial charge is 1.00 e. The van der Waals surface area contributed by atoms with Crippen molar-refractivity contribution in [3.63, 3.8) is 0 Å². The molecule has 0 N–H and O–H groups in total. The molecule has 1 nitrogen and oxygen atoms in total. The van der Waals surface area contributed by atoms with Crippen LogP contribution in [-0.2, 0) is 23.2 Å². The molecular weight excluding hydrogens is 512 g/mol. The minimum absolute atomic E-state index is 0. The van der Waals surface area contributed by atoms with Crippen LogP contribution in [0.15, 0.2) is 93.3 Å². The van der Waals surface area contributed by atoms with E-state index in [0.717, 1.165) is 0 Å². The quantitative estimate of drug-likeness (QED) is 0.376. The Morgan fingerprint density at radius 1 is 0.781 bits per heavy atom. The molecule has 0 aliphatic heterocycles. The average Bonchev–Trinajstić information content (AvgIpc) is 3.41. The zero-order valence-corrected chi connectivity index (χ0v) is 22.0. The molecule has 3 aromatic carbocycles. The maximum Gasteiger partial charge on any atom is -1.00 e. The third-order valence-corrected chi connectivity index (χ3v) is 11.2. The first-order chi connectivity index (χ1) is 14.7. The van der Waals surface area contributed by atoms with Crippen LogP contribution in [0, 0.1) is 0 Å². The Hall–Kier alpha value is -1.86. The summed E-state index contributed by atoms with van der Waals surface area (Å²) in [5, 5.41) is 2.70. The normalized spacial score (nSPS) is 16.9. The van der Waals surface area contributed by atoms with E-state index in [0.29, 0.717) is 3.63 Å². The fraction of sp³-hybridized carbons (Fsp3) is 0.143. The van der Waals surface area contributed by atoms with Gasteiger partial charge < -0.3 is 24.8 Å². The summed E-state index contributed by atoms with van der Waals surface area (Å²) in [6.45, 7) is 4.60. The van der Waals surface area contributed by atoms with Crippen molar-refractivity contribution in [2.45, 2.75) is 23.9 Å². The van der Waals surface area contributed by atoms with Crippen LogP contribution in [0.1, 0.15) is 35.0 Å². The van der Waals surface area contributed by atoms with Crippen molar-refractivity contribution in [2.75, 3.05) is 0 Å². The van der Waals surface area contributed by atoms with E-state index in [-0.39, 0.29) is 24.8 Å². The number of fused-ring (bicyclic) bond motifs is 4. The van der Waals surface area contributed by atoms with E-state index in [9.17, 15) is 0 Å². The summed E-state index contributed by atoms with van der Waals surface area (Å²) in [7, 11) is 0. The maximum atomic E-state index is 2.56. The zero-order chi connectivity index (χ0) is 20.2. The summed E-state index contributed by atoms with van der Waals surface area (Å²) in [4.78, 5) is 0. The van der Waals surface area contributed by atoms with Gasteiger partial charge in [-0.05, 0) is 0 Å². The summed E-state index contributed by atoms with van der Waals surface area (Å²) in [5.74, 6) is 0. The number of halogens is 2. The fourth-order valence-corrected chi connectivity index (χ4v) is 9.32. The predicted octanol–water partition coefficient (Wildman–Crippen LogP) is 1.56. The molecule has 1 unspecified atom stereocenters. The van der Waals surface area contributed by atoms with Gasteiger partial charge in [0, 0.05) is 0 Å². The number of aromatic nitrogens is 1. The molecule has 158 valence electrons. The molecule has 0 amide bonds. The Kier molecular flexibility index (Phi) is 6.69. The molecule has 0 saturated carbocycles. The molecule has 1 atom stereocenters. The summed E-state index contributed by atoms with van der Waals surface area (Å²) < 4.78 is 4.86. The van der Waals surface area contributed by atoms with Gasteiger partial charge in [0.2, 0.25) is 0 Å². The molecule has 0 saturated heterocycles. The first-order valence-corrected chi connectivity index (χ1v) is 13.3. The molecule has 0 spiro atoms. The maximum absolute atomic E-state index is 2.56. The average molecular weight is 536 g/mol. The van der Waals surface area contributed by atoms with Crippen molar-refractivity contribution in [2.24, 2.45) is 0 Å². The Bertz CT molecular complexity index is 1370. The zero-order valence-electron chi connectivity index (χ0n) is 18.1. The first-order valence-electron chi connectivity index (χ1n) is 10.6. The van der Waals surface area contributed by atoms with Crippen LogP contribution in [0.2, 0.25) is 0 Å². The molecule has 32 heavy (non-hydrogen) atoms. The third kappa shape index (κ3) is 3.58. The van der Waals surface area contributed by atoms with Crippen LogP contribution in [-0.4, -0.2) is 4.57 Å². The van der Waals surface area contributed by atoms with Crippen LogP contribution >= 0.6 is 0 Å². The number of nitrogens with zero attached hydrogens (tertiary/aromatic N) is 1. The predicted molar refractivity (Wildman–Crippen MR) is 124 cm³/mol. The second kappa shape index (κ2) is 9.18. The van der Waals surface area contributed by atoms with Crippen molar-refractivity contribution >= 4 is 33.6 Å². The van der Waals surface area contributed by atoms with Crippen molar-refractivity contribution in [3.8, 4) is 0 Å². The number of hydrogen-bond acceptors (Lipinski definition) is 0. The van der Waals surface area contributed by atoms with E-state index >= 15 is 0 Å². The number of hydrogen-bond donors (Lipinski definition) is 0. The molecule has 0 radical (unpaired) electrons. The number of para-hydroxylation sites is 2. The van der Waals surface area contributed by atoms with Gasteiger partial charge in [-0.15, -0.1) is 0 Å². The Labute approximate surface area is 213 Å². The summed E-state index contributed by atoms with van der Waals surface area (Å²) in [5.41, 5.74) is 10.1. The molecule has 2 aliphatic rings. The van der Waals surface area contributed by atoms with Crippen LogP contribution in [0.5, 0.6) is 0 Å². The second-order valence-corrected chi connectivity index (χ2v) is 12.0. The molecule has 1 aromatic heterocycles. The minimum Gasteiger partial charge on any atom is -1.00 e. The van der Waals surface area contributed by atoms with Crippen LogP contribution in [0.25, 0.3) is 33.6 Å². The monoisotopic (exact) mass is 533 g/mol. The topological polar surface area (TPSA) is 4.93 Å². The second-order valence-electron chi connectivity index (χ2n) is 8.34. The Balaban J connectivity index is 0.00000122. The van der Waals surface area contributed by atoms with Gasteiger partial charge in [0.1, 0.15) is 0 Å². The van der Waals surface area contributed by atoms with Gasteiger partial charge in [-0.1, -0.05) is 0 Å². The Morgan fingerprint density at radius 3 is 2.00 bits per heavy atom. The van der Waals surface area contributed by atoms with E-state index in [1.807, 2.05) is 0 Å². The smallest absolute Gasteiger partial charge is 1.00 e. The van der Waals surface area contributed by atoms with Crippen LogP contribution in [0.4, 0.5) is 0 Å². The van der Waals surface area contributed by atoms with Gasteiger partial charge in [-0.25, -0.2) is 0 Å². The van der Waals surface area contributed by atoms with Crippen molar-refractivity contribution < 1.29 is 48.0 Å². The van der Waals surface area contributed by atoms with E-state index in [2.05, 4.69) is 103 Å². The fourth-order valence-electron chi connectivity index (χ4n) is 4.99. The van der Waals surface area contributed by atoms with Gasteiger partial charge in [-0.2, -0.15) is 0 Å². The Morgan fingerprint density at radius 2 is 1.38 bits per heavy atom. The molecular formula is C28H23Cl2NZr. The third-order valence-electron chi connectivity index (χ3n) is 6.72. The molecule has 0 fully saturated rings. The van der Waals surface area contributed by atoms with E-state index < -0.39 is 23.2 Å². The van der Waals surface area contributed by atoms with E-state index in [1.165, 1.54) is 50.6 Å². The van der Waals surface area contributed by atoms with Crippen LogP contribution in [0.3, 0.4) is 0 Å². The van der Waals surface area contributed by atoms with E-state index in [4.69, 9.17) is 0 Å². The standard InChI is InChI=1S/C21H14N.C7H9.2ClH.Zr/c1-2-8-16-14-17(13-15(16)7-1)22-20-11-5-3-9-18(20)19-10-4-6-12-21(19)22;1-6-4-3-5-7(6)2;;;/h1-14H;4H,3H2,1-2H3;2*1H;/q;;;;+2/p-2. The molecule has 4 aromatic rings. The summed E-state index contributed by atoms with van der Waals surface area (Å²) >= 11 is -0.840. The number of rotatable bonds is 3. The number of benzene rings is 3. The summed E-state index contributed by atoms with van der Waals surface area (Å²) in [6, 6.07) is 26.8. The van der Waals surface area contributed by atoms with Crippen molar-refractivity contribution in [1.29, 1.82) is 0 Å². The van der Waals surface area contributed by atoms with Gasteiger partial charge >= 0.3 is 190 Å². The van der Waals surface area contributed by atoms with Gasteiger partial charge in [0.25, 0.3) is 0 Å². The van der Waals surface area contributed by atoms with Gasteiger partial charge in [-0.3, -0.25) is 0 Å². The molecule has 4 heteroatoms. The van der Waals surface area contributed by atoms with Crippen molar-refractivity contribution in [1.82, 2.24) is 4.57 Å². The minimum atomic E-state index is -0.840. The molecule has 6 rings (SSSR count). The molecule has 0 bridgehead atoms. The van der Waals surface area contributed by atoms with E-state index in [1.54, 1.807) is 8.85 Å². The van der Waals surface area contributed by atoms with Crippen LogP contribution < -0.4 is 24.8 Å². The first kappa shape index (κ1) is 23.3.